The Labute approximate surface area is 64.6 Å². The van der Waals surface area contributed by atoms with Gasteiger partial charge in [-0.2, -0.15) is 0 Å². The zero-order valence-corrected chi connectivity index (χ0v) is 6.71. The summed E-state index contributed by atoms with van der Waals surface area (Å²) in [6.45, 7) is 0. The van der Waals surface area contributed by atoms with Crippen molar-refractivity contribution in [1.82, 2.24) is 0 Å². The van der Waals surface area contributed by atoms with Crippen LogP contribution >= 0.6 is 0 Å². The Morgan fingerprint density at radius 2 is 2.40 bits per heavy atom. The Kier molecular flexibility index (Phi) is 1.17. The second kappa shape index (κ2) is 2.02. The predicted molar refractivity (Wildman–Crippen MR) is 37.7 cm³/mol. The summed E-state index contributed by atoms with van der Waals surface area (Å²) in [4.78, 5) is 0. The number of hydrogen-bond donors (Lipinski definition) is 0. The second-order valence-corrected chi connectivity index (χ2v) is 4.09. The SMILES string of the molecule is N#COc1cccc2c1[Se]2. The summed E-state index contributed by atoms with van der Waals surface area (Å²) in [6, 6.07) is 5.82. The normalized spacial score (nSPS) is 11.5. The Balaban J connectivity index is 2.39. The molecule has 1 heterocycles. The second-order valence-electron chi connectivity index (χ2n) is 1.88. The monoisotopic (exact) mass is 197 g/mol. The molecule has 1 aromatic rings. The summed E-state index contributed by atoms with van der Waals surface area (Å²) in [5.74, 6) is 0.750. The first-order valence-electron chi connectivity index (χ1n) is 2.78. The molecule has 0 N–H and O–H groups in total. The number of nitrogens with zero attached hydrogens (tertiary/aromatic N) is 1. The zero-order valence-electron chi connectivity index (χ0n) is 5.00. The van der Waals surface area contributed by atoms with Crippen LogP contribution < -0.4 is 13.7 Å². The Morgan fingerprint density at radius 1 is 1.50 bits per heavy atom. The maximum atomic E-state index is 8.20. The van der Waals surface area contributed by atoms with Gasteiger partial charge in [0.05, 0.1) is 0 Å². The molecule has 0 spiro atoms. The number of fused-ring (bicyclic) bond motifs is 1. The van der Waals surface area contributed by atoms with Crippen LogP contribution in [0.1, 0.15) is 0 Å². The quantitative estimate of drug-likeness (QED) is 0.455. The third-order valence-electron chi connectivity index (χ3n) is 1.27. The Bertz CT molecular complexity index is 316. The molecule has 0 atom stereocenters. The van der Waals surface area contributed by atoms with Crippen molar-refractivity contribution in [2.45, 2.75) is 0 Å². The number of nitriles is 1. The van der Waals surface area contributed by atoms with E-state index in [2.05, 4.69) is 6.07 Å². The maximum absolute atomic E-state index is 8.20. The average molecular weight is 196 g/mol. The van der Waals surface area contributed by atoms with Crippen molar-refractivity contribution < 1.29 is 4.74 Å². The molecular weight excluding hydrogens is 193 g/mol. The van der Waals surface area contributed by atoms with Gasteiger partial charge in [0.15, 0.2) is 0 Å². The predicted octanol–water partition coefficient (Wildman–Crippen LogP) is -0.485. The van der Waals surface area contributed by atoms with Gasteiger partial charge < -0.3 is 0 Å². The van der Waals surface area contributed by atoms with E-state index in [9.17, 15) is 0 Å². The van der Waals surface area contributed by atoms with Gasteiger partial charge in [-0.05, 0) is 0 Å². The first-order valence-corrected chi connectivity index (χ1v) is 4.50. The molecule has 3 heteroatoms. The van der Waals surface area contributed by atoms with Crippen LogP contribution in [0, 0.1) is 11.5 Å². The van der Waals surface area contributed by atoms with E-state index in [0.717, 1.165) is 5.75 Å². The van der Waals surface area contributed by atoms with Crippen molar-refractivity contribution in [3.8, 4) is 12.0 Å². The van der Waals surface area contributed by atoms with Crippen LogP contribution in [0.3, 0.4) is 0 Å². The summed E-state index contributed by atoms with van der Waals surface area (Å²) in [7, 11) is 0. The first kappa shape index (κ1) is 5.79. The van der Waals surface area contributed by atoms with E-state index in [1.165, 1.54) is 8.92 Å². The van der Waals surface area contributed by atoms with Crippen LogP contribution in [-0.4, -0.2) is 15.0 Å². The molecule has 0 saturated heterocycles. The van der Waals surface area contributed by atoms with Crippen molar-refractivity contribution in [3.05, 3.63) is 18.2 Å². The Hall–Kier alpha value is -0.971. The van der Waals surface area contributed by atoms with Crippen LogP contribution in [0.2, 0.25) is 0 Å². The number of ether oxygens (including phenoxy) is 1. The molecule has 0 saturated carbocycles. The van der Waals surface area contributed by atoms with Crippen LogP contribution in [0.25, 0.3) is 0 Å². The molecule has 0 unspecified atom stereocenters. The number of hydrogen-bond acceptors (Lipinski definition) is 2. The molecule has 0 amide bonds. The molecule has 0 bridgehead atoms. The van der Waals surface area contributed by atoms with Crippen molar-refractivity contribution in [3.63, 3.8) is 0 Å². The topological polar surface area (TPSA) is 33.0 Å². The molecule has 1 aliphatic rings. The van der Waals surface area contributed by atoms with Gasteiger partial charge in [-0.25, -0.2) is 0 Å². The third kappa shape index (κ3) is 0.786. The van der Waals surface area contributed by atoms with E-state index in [1.807, 2.05) is 12.1 Å². The molecule has 0 aromatic heterocycles. The summed E-state index contributed by atoms with van der Waals surface area (Å²) in [5.41, 5.74) is 0. The molecule has 2 nitrogen and oxygen atoms in total. The van der Waals surface area contributed by atoms with Crippen molar-refractivity contribution >= 4 is 23.9 Å². The van der Waals surface area contributed by atoms with E-state index >= 15 is 0 Å². The molecule has 1 aromatic carbocycles. The number of benzene rings is 1. The molecule has 1 aliphatic heterocycles. The third-order valence-corrected chi connectivity index (χ3v) is 3.33. The fourth-order valence-corrected chi connectivity index (χ4v) is 2.25. The van der Waals surface area contributed by atoms with Crippen molar-refractivity contribution in [2.24, 2.45) is 0 Å². The standard InChI is InChI=1S/C7H3NOSe/c8-4-9-5-2-1-3-6-7(5)10-6/h1-3H. The van der Waals surface area contributed by atoms with E-state index in [-0.39, 0.29) is 0 Å². The van der Waals surface area contributed by atoms with Crippen LogP contribution in [0.4, 0.5) is 0 Å². The van der Waals surface area contributed by atoms with Gasteiger partial charge in [0, 0.05) is 0 Å². The Morgan fingerprint density at radius 3 is 3.20 bits per heavy atom. The molecule has 0 fully saturated rings. The molecule has 2 rings (SSSR count). The van der Waals surface area contributed by atoms with Crippen molar-refractivity contribution in [2.75, 3.05) is 0 Å². The van der Waals surface area contributed by atoms with Crippen molar-refractivity contribution in [1.29, 1.82) is 5.26 Å². The molecule has 10 heavy (non-hydrogen) atoms. The summed E-state index contributed by atoms with van der Waals surface area (Å²) >= 11 is 0.496. The molecule has 0 aliphatic carbocycles. The summed E-state index contributed by atoms with van der Waals surface area (Å²) in [5, 5.41) is 8.20. The summed E-state index contributed by atoms with van der Waals surface area (Å²) in [6.07, 6.45) is 1.67. The molecule has 0 radical (unpaired) electrons. The van der Waals surface area contributed by atoms with Gasteiger partial charge in [0.2, 0.25) is 0 Å². The van der Waals surface area contributed by atoms with Crippen LogP contribution in [-0.2, 0) is 0 Å². The van der Waals surface area contributed by atoms with E-state index in [1.54, 1.807) is 6.26 Å². The minimum absolute atomic E-state index is 0.496. The van der Waals surface area contributed by atoms with E-state index in [0.29, 0.717) is 15.0 Å². The van der Waals surface area contributed by atoms with Gasteiger partial charge in [0.1, 0.15) is 0 Å². The minimum atomic E-state index is 0.496. The van der Waals surface area contributed by atoms with E-state index < -0.39 is 0 Å². The fourth-order valence-electron chi connectivity index (χ4n) is 0.794. The van der Waals surface area contributed by atoms with Gasteiger partial charge in [-0.15, -0.1) is 0 Å². The van der Waals surface area contributed by atoms with Crippen LogP contribution in [0.15, 0.2) is 18.2 Å². The summed E-state index contributed by atoms with van der Waals surface area (Å²) < 4.78 is 7.32. The van der Waals surface area contributed by atoms with Crippen LogP contribution in [0.5, 0.6) is 5.75 Å². The average Bonchev–Trinajstić information content (AvgIpc) is 2.67. The van der Waals surface area contributed by atoms with Gasteiger partial charge in [0.25, 0.3) is 0 Å². The molecule has 48 valence electrons. The van der Waals surface area contributed by atoms with E-state index in [4.69, 9.17) is 10.00 Å². The van der Waals surface area contributed by atoms with Gasteiger partial charge in [-0.1, -0.05) is 0 Å². The zero-order chi connectivity index (χ0) is 6.97. The fraction of sp³-hybridized carbons (Fsp3) is 0. The van der Waals surface area contributed by atoms with Gasteiger partial charge >= 0.3 is 64.1 Å². The van der Waals surface area contributed by atoms with Gasteiger partial charge in [-0.3, -0.25) is 0 Å². The molecular formula is C7H3NOSe. The number of rotatable bonds is 1. The first-order chi connectivity index (χ1) is 4.92.